The topological polar surface area (TPSA) is 55.5 Å². The minimum atomic E-state index is -0.0551. The van der Waals surface area contributed by atoms with Crippen molar-refractivity contribution in [2.75, 3.05) is 19.7 Å². The molecule has 0 saturated carbocycles. The van der Waals surface area contributed by atoms with Crippen LogP contribution in [0.4, 0.5) is 0 Å². The molecule has 0 aromatic carbocycles. The summed E-state index contributed by atoms with van der Waals surface area (Å²) < 4.78 is 7.86. The smallest absolute Gasteiger partial charge is 0.121 e. The molecule has 1 saturated heterocycles. The van der Waals surface area contributed by atoms with E-state index in [2.05, 4.69) is 49.8 Å². The zero-order valence-electron chi connectivity index (χ0n) is 14.7. The maximum absolute atomic E-state index is 6.03. The molecule has 1 aliphatic rings. The molecular weight excluding hydrogens is 358 g/mol. The van der Waals surface area contributed by atoms with Crippen LogP contribution in [0.25, 0.3) is 16.6 Å². The Bertz CT molecular complexity index is 1030. The predicted octanol–water partition coefficient (Wildman–Crippen LogP) is 3.43. The van der Waals surface area contributed by atoms with Gasteiger partial charge in [-0.2, -0.15) is 0 Å². The van der Waals surface area contributed by atoms with Crippen molar-refractivity contribution in [3.05, 3.63) is 70.9 Å². The Kier molecular flexibility index (Phi) is 4.41. The summed E-state index contributed by atoms with van der Waals surface area (Å²) in [5, 5.41) is 10.9. The van der Waals surface area contributed by atoms with Crippen molar-refractivity contribution in [2.45, 2.75) is 12.6 Å². The first-order chi connectivity index (χ1) is 13.4. The highest BCUT2D eigenvalue weighted by molar-refractivity contribution is 7.09. The third kappa shape index (κ3) is 3.37. The van der Waals surface area contributed by atoms with E-state index in [9.17, 15) is 0 Å². The van der Waals surface area contributed by atoms with Crippen LogP contribution in [0.1, 0.15) is 16.7 Å². The van der Waals surface area contributed by atoms with Gasteiger partial charge in [0.05, 0.1) is 12.1 Å². The molecule has 4 aromatic heterocycles. The molecular formula is C20H19N5OS. The molecule has 136 valence electrons. The SMILES string of the molecule is c1cncc(-c2ccc3c([C@@H]4CN(Cc5cccs5)CCO4)nnn3c2)c1. The second-order valence-corrected chi connectivity index (χ2v) is 7.67. The van der Waals surface area contributed by atoms with Crippen LogP contribution in [0.3, 0.4) is 0 Å². The highest BCUT2D eigenvalue weighted by atomic mass is 32.1. The lowest BCUT2D eigenvalue weighted by Crippen LogP contribution is -2.37. The van der Waals surface area contributed by atoms with Crippen LogP contribution < -0.4 is 0 Å². The van der Waals surface area contributed by atoms with E-state index in [1.807, 2.05) is 29.0 Å². The first kappa shape index (κ1) is 16.6. The van der Waals surface area contributed by atoms with Crippen LogP contribution in [0.15, 0.2) is 60.4 Å². The second-order valence-electron chi connectivity index (χ2n) is 6.64. The summed E-state index contributed by atoms with van der Waals surface area (Å²) in [6.45, 7) is 3.44. The van der Waals surface area contributed by atoms with E-state index in [4.69, 9.17) is 4.74 Å². The summed E-state index contributed by atoms with van der Waals surface area (Å²) in [6, 6.07) is 12.4. The minimum Gasteiger partial charge on any atom is -0.369 e. The molecule has 7 heteroatoms. The van der Waals surface area contributed by atoms with Crippen molar-refractivity contribution in [3.63, 3.8) is 0 Å². The molecule has 1 aliphatic heterocycles. The van der Waals surface area contributed by atoms with Gasteiger partial charge in [0.2, 0.25) is 0 Å². The minimum absolute atomic E-state index is 0.0551. The van der Waals surface area contributed by atoms with E-state index in [1.54, 1.807) is 17.5 Å². The van der Waals surface area contributed by atoms with Crippen molar-refractivity contribution >= 4 is 16.9 Å². The third-order valence-corrected chi connectivity index (χ3v) is 5.71. The number of pyridine rings is 2. The van der Waals surface area contributed by atoms with Gasteiger partial charge in [0.1, 0.15) is 11.8 Å². The Labute approximate surface area is 161 Å². The molecule has 0 bridgehead atoms. The molecule has 5 heterocycles. The van der Waals surface area contributed by atoms with Gasteiger partial charge < -0.3 is 4.74 Å². The normalized spacial score (nSPS) is 18.1. The molecule has 27 heavy (non-hydrogen) atoms. The third-order valence-electron chi connectivity index (χ3n) is 4.85. The van der Waals surface area contributed by atoms with E-state index in [0.29, 0.717) is 6.61 Å². The van der Waals surface area contributed by atoms with Gasteiger partial charge in [0, 0.05) is 54.2 Å². The van der Waals surface area contributed by atoms with Crippen LogP contribution in [0.2, 0.25) is 0 Å². The van der Waals surface area contributed by atoms with E-state index >= 15 is 0 Å². The number of thiophene rings is 1. The summed E-state index contributed by atoms with van der Waals surface area (Å²) in [6.07, 6.45) is 5.57. The Morgan fingerprint density at radius 1 is 1.15 bits per heavy atom. The number of fused-ring (bicyclic) bond motifs is 1. The largest absolute Gasteiger partial charge is 0.369 e. The first-order valence-corrected chi connectivity index (χ1v) is 9.86. The second kappa shape index (κ2) is 7.19. The van der Waals surface area contributed by atoms with Gasteiger partial charge in [0.25, 0.3) is 0 Å². The van der Waals surface area contributed by atoms with E-state index in [1.165, 1.54) is 4.88 Å². The Morgan fingerprint density at radius 3 is 3.00 bits per heavy atom. The molecule has 0 radical (unpaired) electrons. The van der Waals surface area contributed by atoms with Crippen LogP contribution in [-0.2, 0) is 11.3 Å². The number of ether oxygens (including phenoxy) is 1. The average molecular weight is 377 g/mol. The van der Waals surface area contributed by atoms with Crippen molar-refractivity contribution < 1.29 is 4.74 Å². The Morgan fingerprint density at radius 2 is 2.15 bits per heavy atom. The summed E-state index contributed by atoms with van der Waals surface area (Å²) in [4.78, 5) is 7.99. The first-order valence-electron chi connectivity index (χ1n) is 8.98. The van der Waals surface area contributed by atoms with Crippen molar-refractivity contribution in [1.82, 2.24) is 24.7 Å². The number of morpholine rings is 1. The van der Waals surface area contributed by atoms with Gasteiger partial charge in [-0.3, -0.25) is 9.88 Å². The predicted molar refractivity (Wildman–Crippen MR) is 105 cm³/mol. The van der Waals surface area contributed by atoms with Crippen molar-refractivity contribution in [2.24, 2.45) is 0 Å². The lowest BCUT2D eigenvalue weighted by Gasteiger charge is -2.31. The van der Waals surface area contributed by atoms with Gasteiger partial charge in [-0.15, -0.1) is 16.4 Å². The lowest BCUT2D eigenvalue weighted by molar-refractivity contribution is -0.0340. The molecule has 0 unspecified atom stereocenters. The lowest BCUT2D eigenvalue weighted by atomic mass is 10.1. The highest BCUT2D eigenvalue weighted by Gasteiger charge is 2.26. The van der Waals surface area contributed by atoms with E-state index in [0.717, 1.165) is 42.0 Å². The molecule has 0 amide bonds. The number of hydrogen-bond donors (Lipinski definition) is 0. The highest BCUT2D eigenvalue weighted by Crippen LogP contribution is 2.27. The maximum Gasteiger partial charge on any atom is 0.121 e. The number of aromatic nitrogens is 4. The van der Waals surface area contributed by atoms with Gasteiger partial charge in [-0.25, -0.2) is 4.52 Å². The zero-order chi connectivity index (χ0) is 18.1. The van der Waals surface area contributed by atoms with Crippen molar-refractivity contribution in [1.29, 1.82) is 0 Å². The van der Waals surface area contributed by atoms with Crippen LogP contribution >= 0.6 is 11.3 Å². The zero-order valence-corrected chi connectivity index (χ0v) is 15.5. The van der Waals surface area contributed by atoms with Crippen LogP contribution in [-0.4, -0.2) is 44.4 Å². The van der Waals surface area contributed by atoms with Crippen LogP contribution in [0.5, 0.6) is 0 Å². The average Bonchev–Trinajstić information content (AvgIpc) is 3.38. The van der Waals surface area contributed by atoms with Crippen molar-refractivity contribution in [3.8, 4) is 11.1 Å². The number of rotatable bonds is 4. The molecule has 1 fully saturated rings. The molecule has 4 aromatic rings. The van der Waals surface area contributed by atoms with E-state index in [-0.39, 0.29) is 6.10 Å². The fourth-order valence-corrected chi connectivity index (χ4v) is 4.23. The summed E-state index contributed by atoms with van der Waals surface area (Å²) in [7, 11) is 0. The standard InChI is InChI=1S/C20H19N5OS/c1-3-15(11-21-7-1)16-5-6-18-20(22-23-25(18)12-16)19-14-24(8-9-26-19)13-17-4-2-10-27-17/h1-7,10-12,19H,8-9,13-14H2/t19-/m0/s1. The molecule has 0 aliphatic carbocycles. The van der Waals surface area contributed by atoms with Gasteiger partial charge in [-0.05, 0) is 23.6 Å². The quantitative estimate of drug-likeness (QED) is 0.545. The summed E-state index contributed by atoms with van der Waals surface area (Å²) in [5.74, 6) is 0. The summed E-state index contributed by atoms with van der Waals surface area (Å²) in [5.41, 5.74) is 4.03. The number of nitrogens with zero attached hydrogens (tertiary/aromatic N) is 5. The van der Waals surface area contributed by atoms with Gasteiger partial charge in [0.15, 0.2) is 0 Å². The molecule has 5 rings (SSSR count). The van der Waals surface area contributed by atoms with Gasteiger partial charge >= 0.3 is 0 Å². The number of hydrogen-bond acceptors (Lipinski definition) is 6. The fourth-order valence-electron chi connectivity index (χ4n) is 3.48. The maximum atomic E-state index is 6.03. The fraction of sp³-hybridized carbons (Fsp3) is 0.250. The Balaban J connectivity index is 1.39. The molecule has 0 N–H and O–H groups in total. The molecule has 1 atom stereocenters. The van der Waals surface area contributed by atoms with Gasteiger partial charge in [-0.1, -0.05) is 23.4 Å². The summed E-state index contributed by atoms with van der Waals surface area (Å²) >= 11 is 1.80. The van der Waals surface area contributed by atoms with Crippen LogP contribution in [0, 0.1) is 0 Å². The Hall–Kier alpha value is -2.61. The van der Waals surface area contributed by atoms with E-state index < -0.39 is 0 Å². The molecule has 6 nitrogen and oxygen atoms in total. The monoisotopic (exact) mass is 377 g/mol. The molecule has 0 spiro atoms.